The number of H-pyrrole nitrogens is 1. The molecule has 0 aliphatic carbocycles. The molecule has 4 aromatic rings. The average molecular weight is 391 g/mol. The molecule has 0 atom stereocenters. The maximum absolute atomic E-state index is 12.7. The molecule has 28 heavy (non-hydrogen) atoms. The highest BCUT2D eigenvalue weighted by molar-refractivity contribution is 7.17. The van der Waals surface area contributed by atoms with Gasteiger partial charge in [0.15, 0.2) is 5.82 Å². The van der Waals surface area contributed by atoms with E-state index >= 15 is 0 Å². The molecule has 0 spiro atoms. The quantitative estimate of drug-likeness (QED) is 0.533. The van der Waals surface area contributed by atoms with Gasteiger partial charge in [-0.05, 0) is 19.1 Å². The fraction of sp³-hybridized carbons (Fsp3) is 0.100. The third-order valence-electron chi connectivity index (χ3n) is 4.10. The number of aryl methyl sites for hydroxylation is 1. The molecule has 2 N–H and O–H groups in total. The monoisotopic (exact) mass is 391 g/mol. The summed E-state index contributed by atoms with van der Waals surface area (Å²) in [6.07, 6.45) is 0. The summed E-state index contributed by atoms with van der Waals surface area (Å²) in [6.45, 7) is 1.82. The Morgan fingerprint density at radius 2 is 1.82 bits per heavy atom. The molecule has 0 saturated heterocycles. The van der Waals surface area contributed by atoms with Crippen LogP contribution < -0.4 is 10.1 Å². The molecule has 7 nitrogen and oxygen atoms in total. The number of anilines is 1. The molecule has 140 valence electrons. The molecule has 4 rings (SSSR count). The molecule has 1 amide bonds. The van der Waals surface area contributed by atoms with Crippen molar-refractivity contribution in [1.82, 2.24) is 20.2 Å². The molecule has 0 saturated carbocycles. The van der Waals surface area contributed by atoms with E-state index in [0.717, 1.165) is 16.1 Å². The molecule has 2 heterocycles. The Kier molecular flexibility index (Phi) is 4.86. The van der Waals surface area contributed by atoms with Gasteiger partial charge in [0.2, 0.25) is 5.95 Å². The molecule has 0 aliphatic heterocycles. The number of ether oxygens (including phenoxy) is 1. The van der Waals surface area contributed by atoms with Crippen LogP contribution >= 0.6 is 11.3 Å². The van der Waals surface area contributed by atoms with Crippen LogP contribution in [0.25, 0.3) is 22.0 Å². The Balaban J connectivity index is 1.55. The minimum Gasteiger partial charge on any atom is -0.496 e. The predicted octanol–water partition coefficient (Wildman–Crippen LogP) is 4.16. The van der Waals surface area contributed by atoms with Crippen molar-refractivity contribution in [3.05, 3.63) is 65.2 Å². The normalized spacial score (nSPS) is 10.6. The van der Waals surface area contributed by atoms with E-state index < -0.39 is 0 Å². The fourth-order valence-corrected chi connectivity index (χ4v) is 3.71. The zero-order valence-electron chi connectivity index (χ0n) is 15.3. The number of nitrogens with one attached hydrogen (secondary N) is 2. The van der Waals surface area contributed by atoms with Gasteiger partial charge in [-0.25, -0.2) is 4.98 Å². The summed E-state index contributed by atoms with van der Waals surface area (Å²) in [6, 6.07) is 17.2. The molecular weight excluding hydrogens is 374 g/mol. The fourth-order valence-electron chi connectivity index (χ4n) is 2.75. The summed E-state index contributed by atoms with van der Waals surface area (Å²) in [5, 5.41) is 10.4. The van der Waals surface area contributed by atoms with Crippen LogP contribution in [-0.4, -0.2) is 33.2 Å². The van der Waals surface area contributed by atoms with Crippen LogP contribution in [0, 0.1) is 6.92 Å². The lowest BCUT2D eigenvalue weighted by Gasteiger charge is -2.04. The van der Waals surface area contributed by atoms with Crippen LogP contribution in [0.2, 0.25) is 0 Å². The van der Waals surface area contributed by atoms with Gasteiger partial charge in [0.1, 0.15) is 15.6 Å². The van der Waals surface area contributed by atoms with Gasteiger partial charge >= 0.3 is 0 Å². The minimum atomic E-state index is -0.289. The van der Waals surface area contributed by atoms with E-state index in [9.17, 15) is 4.79 Å². The lowest BCUT2D eigenvalue weighted by Crippen LogP contribution is -2.12. The molecule has 0 bridgehead atoms. The first-order valence-corrected chi connectivity index (χ1v) is 9.37. The van der Waals surface area contributed by atoms with Crippen LogP contribution in [0.15, 0.2) is 54.6 Å². The molecule has 0 fully saturated rings. The number of nitrogens with zero attached hydrogens (tertiary/aromatic N) is 3. The van der Waals surface area contributed by atoms with Gasteiger partial charge in [-0.15, -0.1) is 16.4 Å². The number of aromatic nitrogens is 4. The second kappa shape index (κ2) is 7.61. The largest absolute Gasteiger partial charge is 0.496 e. The third-order valence-corrected chi connectivity index (χ3v) is 5.30. The van der Waals surface area contributed by atoms with E-state index in [-0.39, 0.29) is 11.9 Å². The average Bonchev–Trinajstić information content (AvgIpc) is 3.35. The number of aromatic amines is 1. The molecule has 8 heteroatoms. The van der Waals surface area contributed by atoms with Crippen molar-refractivity contribution in [3.63, 3.8) is 0 Å². The van der Waals surface area contributed by atoms with Crippen LogP contribution in [0.4, 0.5) is 5.95 Å². The van der Waals surface area contributed by atoms with Gasteiger partial charge in [-0.2, -0.15) is 4.98 Å². The van der Waals surface area contributed by atoms with Crippen LogP contribution in [0.3, 0.4) is 0 Å². The predicted molar refractivity (Wildman–Crippen MR) is 109 cm³/mol. The van der Waals surface area contributed by atoms with Crippen LogP contribution in [0.5, 0.6) is 5.75 Å². The second-order valence-corrected chi connectivity index (χ2v) is 6.96. The summed E-state index contributed by atoms with van der Waals surface area (Å²) in [4.78, 5) is 22.1. The Morgan fingerprint density at radius 3 is 2.61 bits per heavy atom. The number of carbonyl (C=O) groups is 1. The van der Waals surface area contributed by atoms with Gasteiger partial charge in [-0.3, -0.25) is 15.2 Å². The molecule has 2 aromatic carbocycles. The lowest BCUT2D eigenvalue weighted by atomic mass is 10.2. The smallest absolute Gasteiger partial charge is 0.270 e. The minimum absolute atomic E-state index is 0.194. The van der Waals surface area contributed by atoms with Gasteiger partial charge in [-0.1, -0.05) is 42.5 Å². The van der Waals surface area contributed by atoms with Crippen molar-refractivity contribution < 1.29 is 9.53 Å². The van der Waals surface area contributed by atoms with Crippen molar-refractivity contribution in [2.75, 3.05) is 12.4 Å². The number of methoxy groups -OCH3 is 1. The number of hydrogen-bond donors (Lipinski definition) is 2. The third kappa shape index (κ3) is 3.49. The number of para-hydroxylation sites is 1. The van der Waals surface area contributed by atoms with Crippen molar-refractivity contribution in [1.29, 1.82) is 0 Å². The Labute approximate surface area is 165 Å². The van der Waals surface area contributed by atoms with Crippen molar-refractivity contribution in [3.8, 4) is 27.7 Å². The summed E-state index contributed by atoms with van der Waals surface area (Å²) >= 11 is 1.34. The van der Waals surface area contributed by atoms with E-state index in [1.807, 2.05) is 61.5 Å². The standard InChI is InChI=1S/C20H17N5O2S/c1-12-16(28-19(21-12)13-8-4-3-5-9-13)18(26)23-20-22-17(24-25-20)14-10-6-7-11-15(14)27-2/h3-11H,1-2H3,(H2,22,23,24,25,26). The zero-order valence-corrected chi connectivity index (χ0v) is 16.1. The Morgan fingerprint density at radius 1 is 1.07 bits per heavy atom. The van der Waals surface area contributed by atoms with E-state index in [1.54, 1.807) is 7.11 Å². The summed E-state index contributed by atoms with van der Waals surface area (Å²) in [5.41, 5.74) is 2.41. The lowest BCUT2D eigenvalue weighted by molar-refractivity contribution is 0.102. The summed E-state index contributed by atoms with van der Waals surface area (Å²) in [7, 11) is 1.59. The molecule has 2 aromatic heterocycles. The Hall–Kier alpha value is -3.52. The second-order valence-electron chi connectivity index (χ2n) is 5.96. The number of rotatable bonds is 5. The maximum atomic E-state index is 12.7. The SMILES string of the molecule is COc1ccccc1-c1nc(NC(=O)c2sc(-c3ccccc3)nc2C)n[nH]1. The molecule has 0 radical (unpaired) electrons. The Bertz CT molecular complexity index is 1120. The topological polar surface area (TPSA) is 92.8 Å². The molecule has 0 unspecified atom stereocenters. The van der Waals surface area contributed by atoms with E-state index in [1.165, 1.54) is 11.3 Å². The van der Waals surface area contributed by atoms with Gasteiger partial charge in [0.05, 0.1) is 18.4 Å². The van der Waals surface area contributed by atoms with Crippen LogP contribution in [-0.2, 0) is 0 Å². The number of thiazole rings is 1. The maximum Gasteiger partial charge on any atom is 0.270 e. The first kappa shape index (κ1) is 17.9. The van der Waals surface area contributed by atoms with E-state index in [0.29, 0.717) is 22.1 Å². The number of benzene rings is 2. The summed E-state index contributed by atoms with van der Waals surface area (Å²) in [5.74, 6) is 1.09. The number of carbonyl (C=O) groups excluding carboxylic acids is 1. The highest BCUT2D eigenvalue weighted by atomic mass is 32.1. The van der Waals surface area contributed by atoms with Gasteiger partial charge in [0, 0.05) is 5.56 Å². The number of amides is 1. The van der Waals surface area contributed by atoms with Gasteiger partial charge in [0.25, 0.3) is 5.91 Å². The number of hydrogen-bond acceptors (Lipinski definition) is 6. The van der Waals surface area contributed by atoms with Crippen molar-refractivity contribution in [2.45, 2.75) is 6.92 Å². The first-order chi connectivity index (χ1) is 13.7. The van der Waals surface area contributed by atoms with Crippen LogP contribution in [0.1, 0.15) is 15.4 Å². The van der Waals surface area contributed by atoms with Gasteiger partial charge < -0.3 is 4.74 Å². The van der Waals surface area contributed by atoms with Crippen molar-refractivity contribution in [2.24, 2.45) is 0 Å². The van der Waals surface area contributed by atoms with Crippen molar-refractivity contribution >= 4 is 23.2 Å². The van der Waals surface area contributed by atoms with E-state index in [2.05, 4.69) is 25.5 Å². The summed E-state index contributed by atoms with van der Waals surface area (Å²) < 4.78 is 5.34. The molecule has 0 aliphatic rings. The first-order valence-electron chi connectivity index (χ1n) is 8.55. The van der Waals surface area contributed by atoms with E-state index in [4.69, 9.17) is 4.74 Å². The highest BCUT2D eigenvalue weighted by Gasteiger charge is 2.18. The zero-order chi connectivity index (χ0) is 19.5. The molecular formula is C20H17N5O2S. The highest BCUT2D eigenvalue weighted by Crippen LogP contribution is 2.29.